The van der Waals surface area contributed by atoms with Gasteiger partial charge in [0.2, 0.25) is 0 Å². The smallest absolute Gasteiger partial charge is 0.127 e. The quantitative estimate of drug-likeness (QED) is 0.632. The highest BCUT2D eigenvalue weighted by molar-refractivity contribution is 5.33. The Hall–Kier alpha value is -1.11. The lowest BCUT2D eigenvalue weighted by Crippen LogP contribution is -1.95. The van der Waals surface area contributed by atoms with Crippen molar-refractivity contribution in [3.63, 3.8) is 0 Å². The summed E-state index contributed by atoms with van der Waals surface area (Å²) >= 11 is 0. The van der Waals surface area contributed by atoms with Crippen LogP contribution in [0.4, 0.5) is 4.39 Å². The van der Waals surface area contributed by atoms with Gasteiger partial charge >= 0.3 is 0 Å². The van der Waals surface area contributed by atoms with Crippen molar-refractivity contribution in [1.29, 1.82) is 0 Å². The van der Waals surface area contributed by atoms with Crippen LogP contribution in [0.15, 0.2) is 30.9 Å². The van der Waals surface area contributed by atoms with E-state index >= 15 is 0 Å². The predicted molar refractivity (Wildman–Crippen MR) is 57.0 cm³/mol. The molecule has 1 aliphatic rings. The molecule has 1 unspecified atom stereocenters. The number of allylic oxidation sites excluding steroid dienone is 1. The summed E-state index contributed by atoms with van der Waals surface area (Å²) in [6.45, 7) is 5.68. The van der Waals surface area contributed by atoms with E-state index in [1.165, 1.54) is 18.4 Å². The summed E-state index contributed by atoms with van der Waals surface area (Å²) in [5.74, 6) is 0.682. The minimum atomic E-state index is -0.109. The Balaban J connectivity index is 2.35. The minimum absolute atomic E-state index is 0.105. The number of halogens is 1. The van der Waals surface area contributed by atoms with Gasteiger partial charge in [-0.2, -0.15) is 0 Å². The van der Waals surface area contributed by atoms with Crippen LogP contribution >= 0.6 is 0 Å². The Labute approximate surface area is 84.5 Å². The van der Waals surface area contributed by atoms with E-state index in [0.29, 0.717) is 5.92 Å². The number of hydrogen-bond donors (Lipinski definition) is 0. The number of hydrogen-bond acceptors (Lipinski definition) is 0. The molecule has 14 heavy (non-hydrogen) atoms. The zero-order valence-electron chi connectivity index (χ0n) is 8.46. The summed E-state index contributed by atoms with van der Waals surface area (Å²) in [5, 5.41) is 0. The molecule has 1 fully saturated rings. The topological polar surface area (TPSA) is 0 Å². The fourth-order valence-corrected chi connectivity index (χ4v) is 1.71. The monoisotopic (exact) mass is 190 g/mol. The Bertz CT molecular complexity index is 350. The van der Waals surface area contributed by atoms with Crippen LogP contribution in [0.1, 0.15) is 42.7 Å². The third-order valence-electron chi connectivity index (χ3n) is 2.91. The Morgan fingerprint density at radius 3 is 2.79 bits per heavy atom. The molecule has 0 aliphatic heterocycles. The third-order valence-corrected chi connectivity index (χ3v) is 2.91. The maximum Gasteiger partial charge on any atom is 0.127 e. The Morgan fingerprint density at radius 2 is 2.21 bits per heavy atom. The third kappa shape index (κ3) is 1.72. The molecule has 0 nitrogen and oxygen atoms in total. The molecule has 1 saturated carbocycles. The molecule has 0 N–H and O–H groups in total. The molecule has 0 radical (unpaired) electrons. The molecule has 1 aromatic carbocycles. The van der Waals surface area contributed by atoms with Gasteiger partial charge in [0.1, 0.15) is 5.82 Å². The van der Waals surface area contributed by atoms with Gasteiger partial charge in [-0.15, -0.1) is 6.58 Å². The van der Waals surface area contributed by atoms with Crippen LogP contribution in [0.2, 0.25) is 0 Å². The van der Waals surface area contributed by atoms with Crippen molar-refractivity contribution in [2.75, 3.05) is 0 Å². The first-order chi connectivity index (χ1) is 6.72. The summed E-state index contributed by atoms with van der Waals surface area (Å²) in [6.07, 6.45) is 4.30. The average molecular weight is 190 g/mol. The Morgan fingerprint density at radius 1 is 1.50 bits per heavy atom. The highest BCUT2D eigenvalue weighted by Crippen LogP contribution is 2.41. The zero-order chi connectivity index (χ0) is 10.1. The van der Waals surface area contributed by atoms with Crippen LogP contribution in [-0.2, 0) is 0 Å². The van der Waals surface area contributed by atoms with Crippen LogP contribution < -0.4 is 0 Å². The summed E-state index contributed by atoms with van der Waals surface area (Å²) in [5.41, 5.74) is 2.07. The zero-order valence-corrected chi connectivity index (χ0v) is 8.46. The maximum absolute atomic E-state index is 13.4. The molecule has 2 rings (SSSR count). The van der Waals surface area contributed by atoms with Crippen molar-refractivity contribution in [2.24, 2.45) is 0 Å². The van der Waals surface area contributed by atoms with Crippen LogP contribution in [0.25, 0.3) is 0 Å². The lowest BCUT2D eigenvalue weighted by molar-refractivity contribution is 0.604. The molecule has 74 valence electrons. The van der Waals surface area contributed by atoms with E-state index in [2.05, 4.69) is 6.58 Å². The van der Waals surface area contributed by atoms with Crippen molar-refractivity contribution in [3.05, 3.63) is 47.8 Å². The van der Waals surface area contributed by atoms with Gasteiger partial charge < -0.3 is 0 Å². The predicted octanol–water partition coefficient (Wildman–Crippen LogP) is 3.99. The van der Waals surface area contributed by atoms with Gasteiger partial charge in [0.05, 0.1) is 0 Å². The van der Waals surface area contributed by atoms with E-state index in [1.807, 2.05) is 19.1 Å². The largest absolute Gasteiger partial charge is 0.207 e. The second kappa shape index (κ2) is 3.56. The van der Waals surface area contributed by atoms with Crippen molar-refractivity contribution in [3.8, 4) is 0 Å². The number of benzene rings is 1. The SMILES string of the molecule is C=CC(C)c1cc(C2CC2)ccc1F. The molecule has 0 bridgehead atoms. The normalized spacial score (nSPS) is 17.9. The second-order valence-corrected chi connectivity index (χ2v) is 4.08. The molecule has 0 heterocycles. The van der Waals surface area contributed by atoms with E-state index in [0.717, 1.165) is 5.56 Å². The van der Waals surface area contributed by atoms with Gasteiger partial charge in [-0.25, -0.2) is 4.39 Å². The summed E-state index contributed by atoms with van der Waals surface area (Å²) in [7, 11) is 0. The minimum Gasteiger partial charge on any atom is -0.207 e. The van der Waals surface area contributed by atoms with Crippen LogP contribution in [0.3, 0.4) is 0 Å². The first kappa shape index (κ1) is 9.45. The number of rotatable bonds is 3. The molecule has 0 amide bonds. The molecule has 1 aromatic rings. The van der Waals surface area contributed by atoms with E-state index in [1.54, 1.807) is 12.1 Å². The van der Waals surface area contributed by atoms with E-state index in [-0.39, 0.29) is 11.7 Å². The van der Waals surface area contributed by atoms with Gasteiger partial charge in [-0.3, -0.25) is 0 Å². The Kier molecular flexibility index (Phi) is 2.40. The fourth-order valence-electron chi connectivity index (χ4n) is 1.71. The molecule has 0 spiro atoms. The van der Waals surface area contributed by atoms with Crippen LogP contribution in [-0.4, -0.2) is 0 Å². The van der Waals surface area contributed by atoms with Crippen molar-refractivity contribution in [1.82, 2.24) is 0 Å². The molecule has 0 aromatic heterocycles. The second-order valence-electron chi connectivity index (χ2n) is 4.08. The van der Waals surface area contributed by atoms with E-state index in [4.69, 9.17) is 0 Å². The fraction of sp³-hybridized carbons (Fsp3) is 0.385. The average Bonchev–Trinajstić information content (AvgIpc) is 3.01. The van der Waals surface area contributed by atoms with E-state index in [9.17, 15) is 4.39 Å². The summed E-state index contributed by atoms with van der Waals surface area (Å²) in [6, 6.07) is 5.49. The molecule has 0 saturated heterocycles. The lowest BCUT2D eigenvalue weighted by Gasteiger charge is -2.09. The standard InChI is InChI=1S/C13H15F/c1-3-9(2)12-8-11(10-4-5-10)6-7-13(12)14/h3,6-10H,1,4-5H2,2H3. The molecule has 1 atom stereocenters. The van der Waals surface area contributed by atoms with Gasteiger partial charge in [-0.05, 0) is 36.0 Å². The molecule has 1 aliphatic carbocycles. The summed E-state index contributed by atoms with van der Waals surface area (Å²) < 4.78 is 13.4. The van der Waals surface area contributed by atoms with Crippen molar-refractivity contribution in [2.45, 2.75) is 31.6 Å². The summed E-state index contributed by atoms with van der Waals surface area (Å²) in [4.78, 5) is 0. The molecular formula is C13H15F. The van der Waals surface area contributed by atoms with Crippen molar-refractivity contribution >= 4 is 0 Å². The lowest BCUT2D eigenvalue weighted by atomic mass is 9.97. The highest BCUT2D eigenvalue weighted by atomic mass is 19.1. The highest BCUT2D eigenvalue weighted by Gasteiger charge is 2.24. The maximum atomic E-state index is 13.4. The molecule has 1 heteroatoms. The van der Waals surface area contributed by atoms with Gasteiger partial charge in [0, 0.05) is 5.92 Å². The van der Waals surface area contributed by atoms with Crippen LogP contribution in [0, 0.1) is 5.82 Å². The van der Waals surface area contributed by atoms with Gasteiger partial charge in [0.15, 0.2) is 0 Å². The van der Waals surface area contributed by atoms with Crippen LogP contribution in [0.5, 0.6) is 0 Å². The van der Waals surface area contributed by atoms with Gasteiger partial charge in [0.25, 0.3) is 0 Å². The van der Waals surface area contributed by atoms with Crippen molar-refractivity contribution < 1.29 is 4.39 Å². The molecular weight excluding hydrogens is 175 g/mol. The van der Waals surface area contributed by atoms with Gasteiger partial charge in [-0.1, -0.05) is 25.1 Å². The first-order valence-corrected chi connectivity index (χ1v) is 5.14. The first-order valence-electron chi connectivity index (χ1n) is 5.14. The van der Waals surface area contributed by atoms with E-state index < -0.39 is 0 Å².